The maximum absolute atomic E-state index is 14.0. The van der Waals surface area contributed by atoms with Gasteiger partial charge in [0.25, 0.3) is 5.95 Å². The molecular formula is C17H17Cl2FN6O2. The summed E-state index contributed by atoms with van der Waals surface area (Å²) >= 11 is 12.4. The number of rotatable bonds is 8. The Kier molecular flexibility index (Phi) is 6.37. The number of halogens is 3. The molecule has 0 aliphatic heterocycles. The van der Waals surface area contributed by atoms with Gasteiger partial charge in [-0.05, 0) is 41.1 Å². The van der Waals surface area contributed by atoms with Crippen LogP contribution in [0.3, 0.4) is 0 Å². The highest BCUT2D eigenvalue weighted by molar-refractivity contribution is 6.31. The molecule has 1 heterocycles. The third-order valence-corrected chi connectivity index (χ3v) is 4.47. The summed E-state index contributed by atoms with van der Waals surface area (Å²) in [6, 6.07) is 7.77. The number of hydrogen-bond donors (Lipinski definition) is 2. The Morgan fingerprint density at radius 3 is 2.64 bits per heavy atom. The molecule has 8 nitrogen and oxygen atoms in total. The molecule has 28 heavy (non-hydrogen) atoms. The topological polar surface area (TPSA) is 100 Å². The van der Waals surface area contributed by atoms with Crippen molar-refractivity contribution in [3.63, 3.8) is 0 Å². The average molecular weight is 427 g/mol. The van der Waals surface area contributed by atoms with Crippen LogP contribution >= 0.6 is 23.2 Å². The van der Waals surface area contributed by atoms with Crippen LogP contribution in [-0.4, -0.2) is 26.9 Å². The first-order chi connectivity index (χ1) is 13.5. The zero-order valence-electron chi connectivity index (χ0n) is 14.8. The molecule has 0 aliphatic rings. The van der Waals surface area contributed by atoms with Crippen molar-refractivity contribution in [2.24, 2.45) is 0 Å². The number of ether oxygens (including phenoxy) is 2. The van der Waals surface area contributed by atoms with E-state index in [4.69, 9.17) is 38.4 Å². The number of nitrogens with two attached hydrogens (primary N) is 1. The van der Waals surface area contributed by atoms with Crippen LogP contribution in [0, 0.1) is 5.82 Å². The van der Waals surface area contributed by atoms with Gasteiger partial charge in [-0.2, -0.15) is 0 Å². The highest BCUT2D eigenvalue weighted by Crippen LogP contribution is 2.35. The minimum absolute atomic E-state index is 0.0688. The van der Waals surface area contributed by atoms with E-state index < -0.39 is 5.82 Å². The summed E-state index contributed by atoms with van der Waals surface area (Å²) in [5.41, 5.74) is 9.49. The number of nitrogen functional groups attached to an aromatic ring is 1. The molecule has 148 valence electrons. The molecule has 0 unspecified atom stereocenters. The summed E-state index contributed by atoms with van der Waals surface area (Å²) in [5, 5.41) is 11.4. The van der Waals surface area contributed by atoms with E-state index in [2.05, 4.69) is 21.0 Å². The quantitative estimate of drug-likeness (QED) is 0.568. The van der Waals surface area contributed by atoms with Crippen LogP contribution < -0.4 is 20.6 Å². The second-order valence-electron chi connectivity index (χ2n) is 5.60. The molecular weight excluding hydrogens is 410 g/mol. The minimum atomic E-state index is -0.448. The number of anilines is 1. The summed E-state index contributed by atoms with van der Waals surface area (Å²) in [6.07, 6.45) is 0. The summed E-state index contributed by atoms with van der Waals surface area (Å²) in [4.78, 5) is 1.22. The summed E-state index contributed by atoms with van der Waals surface area (Å²) in [5.74, 6) is 0.497. The molecule has 0 amide bonds. The van der Waals surface area contributed by atoms with E-state index >= 15 is 0 Å². The molecule has 2 aromatic carbocycles. The monoisotopic (exact) mass is 426 g/mol. The van der Waals surface area contributed by atoms with Crippen molar-refractivity contribution in [1.82, 2.24) is 20.3 Å². The molecule has 0 bridgehead atoms. The van der Waals surface area contributed by atoms with Crippen molar-refractivity contribution in [3.8, 4) is 11.5 Å². The van der Waals surface area contributed by atoms with Crippen LogP contribution in [0.15, 0.2) is 30.3 Å². The highest BCUT2D eigenvalue weighted by atomic mass is 35.5. The fourth-order valence-electron chi connectivity index (χ4n) is 2.38. The van der Waals surface area contributed by atoms with Crippen molar-refractivity contribution in [2.75, 3.05) is 17.8 Å². The molecule has 0 radical (unpaired) electrons. The van der Waals surface area contributed by atoms with E-state index in [0.717, 1.165) is 0 Å². The maximum atomic E-state index is 14.0. The van der Waals surface area contributed by atoms with Crippen LogP contribution in [0.1, 0.15) is 18.1 Å². The molecule has 0 fully saturated rings. The molecule has 3 aromatic rings. The normalized spacial score (nSPS) is 10.7. The zero-order chi connectivity index (χ0) is 20.1. The van der Waals surface area contributed by atoms with Crippen LogP contribution in [0.25, 0.3) is 0 Å². The summed E-state index contributed by atoms with van der Waals surface area (Å²) < 4.78 is 25.3. The Morgan fingerprint density at radius 2 is 1.96 bits per heavy atom. The first-order valence-electron chi connectivity index (χ1n) is 8.28. The minimum Gasteiger partial charge on any atom is -0.490 e. The third-order valence-electron chi connectivity index (χ3n) is 3.76. The van der Waals surface area contributed by atoms with Crippen molar-refractivity contribution in [2.45, 2.75) is 20.1 Å². The Labute approximate surface area is 170 Å². The van der Waals surface area contributed by atoms with Gasteiger partial charge in [0.05, 0.1) is 18.2 Å². The Morgan fingerprint density at radius 1 is 1.18 bits per heavy atom. The lowest BCUT2D eigenvalue weighted by atomic mass is 10.2. The second-order valence-corrected chi connectivity index (χ2v) is 6.41. The van der Waals surface area contributed by atoms with Crippen molar-refractivity contribution < 1.29 is 13.9 Å². The van der Waals surface area contributed by atoms with E-state index in [1.54, 1.807) is 18.2 Å². The number of aromatic nitrogens is 4. The lowest BCUT2D eigenvalue weighted by molar-refractivity contribution is 0.265. The summed E-state index contributed by atoms with van der Waals surface area (Å²) in [7, 11) is 0. The lowest BCUT2D eigenvalue weighted by Gasteiger charge is -2.16. The molecule has 0 spiro atoms. The molecule has 0 atom stereocenters. The van der Waals surface area contributed by atoms with Gasteiger partial charge in [0.2, 0.25) is 0 Å². The molecule has 11 heteroatoms. The molecule has 0 saturated carbocycles. The number of nitrogens with zero attached hydrogens (tertiary/aromatic N) is 4. The molecule has 3 rings (SSSR count). The van der Waals surface area contributed by atoms with Crippen LogP contribution in [-0.2, 0) is 13.2 Å². The number of nitrogens with one attached hydrogen (secondary N) is 1. The number of tetrazole rings is 1. The SMILES string of the molecule is CCOc1cc(CNn2nnnc2N)c(Cl)cc1OCc1c(F)cccc1Cl. The standard InChI is InChI=1S/C17H17Cl2FN6O2/c1-2-27-15-6-10(8-22-26-17(21)23-24-25-26)13(19)7-16(15)28-9-11-12(18)4-3-5-14(11)20/h3-7,22H,2,8-9H2,1H3,(H2,21,23,25). The van der Waals surface area contributed by atoms with Gasteiger partial charge in [0, 0.05) is 16.7 Å². The molecule has 1 aromatic heterocycles. The van der Waals surface area contributed by atoms with E-state index in [1.807, 2.05) is 6.92 Å². The predicted molar refractivity (Wildman–Crippen MR) is 104 cm³/mol. The first kappa shape index (κ1) is 20.0. The van der Waals surface area contributed by atoms with Gasteiger partial charge in [-0.3, -0.25) is 0 Å². The smallest absolute Gasteiger partial charge is 0.260 e. The lowest BCUT2D eigenvalue weighted by Crippen LogP contribution is -2.18. The van der Waals surface area contributed by atoms with Gasteiger partial charge < -0.3 is 20.6 Å². The van der Waals surface area contributed by atoms with E-state index in [0.29, 0.717) is 28.7 Å². The van der Waals surface area contributed by atoms with Crippen LogP contribution in [0.2, 0.25) is 10.0 Å². The van der Waals surface area contributed by atoms with Crippen LogP contribution in [0.5, 0.6) is 11.5 Å². The zero-order valence-corrected chi connectivity index (χ0v) is 16.3. The van der Waals surface area contributed by atoms with Crippen molar-refractivity contribution in [1.29, 1.82) is 0 Å². The highest BCUT2D eigenvalue weighted by Gasteiger charge is 2.14. The van der Waals surface area contributed by atoms with E-state index in [9.17, 15) is 4.39 Å². The van der Waals surface area contributed by atoms with Crippen molar-refractivity contribution >= 4 is 29.2 Å². The molecule has 0 saturated heterocycles. The number of benzene rings is 2. The Bertz CT molecular complexity index is 949. The molecule has 3 N–H and O–H groups in total. The predicted octanol–water partition coefficient (Wildman–Crippen LogP) is 3.42. The van der Waals surface area contributed by atoms with Gasteiger partial charge in [-0.15, -0.1) is 4.79 Å². The van der Waals surface area contributed by atoms with E-state index in [1.165, 1.54) is 16.9 Å². The van der Waals surface area contributed by atoms with Gasteiger partial charge in [0.15, 0.2) is 11.5 Å². The Hall–Kier alpha value is -2.78. The van der Waals surface area contributed by atoms with Gasteiger partial charge in [0.1, 0.15) is 12.4 Å². The second kappa shape index (κ2) is 8.94. The fraction of sp³-hybridized carbons (Fsp3) is 0.235. The van der Waals surface area contributed by atoms with Gasteiger partial charge >= 0.3 is 0 Å². The van der Waals surface area contributed by atoms with Crippen molar-refractivity contribution in [3.05, 3.63) is 57.3 Å². The largest absolute Gasteiger partial charge is 0.490 e. The van der Waals surface area contributed by atoms with Crippen LogP contribution in [0.4, 0.5) is 10.3 Å². The maximum Gasteiger partial charge on any atom is 0.260 e. The Balaban J connectivity index is 1.79. The third kappa shape index (κ3) is 4.55. The number of hydrogen-bond acceptors (Lipinski definition) is 7. The van der Waals surface area contributed by atoms with Gasteiger partial charge in [-0.25, -0.2) is 4.39 Å². The van der Waals surface area contributed by atoms with E-state index in [-0.39, 0.29) is 29.7 Å². The fourth-order valence-corrected chi connectivity index (χ4v) is 2.82. The first-order valence-corrected chi connectivity index (χ1v) is 9.03. The van der Waals surface area contributed by atoms with Gasteiger partial charge in [-0.1, -0.05) is 34.4 Å². The average Bonchev–Trinajstić information content (AvgIpc) is 3.07. The summed E-state index contributed by atoms with van der Waals surface area (Å²) in [6.45, 7) is 2.46. The molecule has 0 aliphatic carbocycles.